The number of oxazole rings is 1. The van der Waals surface area contributed by atoms with Crippen molar-refractivity contribution < 1.29 is 8.83 Å². The number of para-hydroxylation sites is 3. The van der Waals surface area contributed by atoms with E-state index in [1.54, 1.807) is 0 Å². The van der Waals surface area contributed by atoms with Crippen molar-refractivity contribution >= 4 is 71.9 Å². The highest BCUT2D eigenvalue weighted by Gasteiger charge is 2.23. The summed E-state index contributed by atoms with van der Waals surface area (Å²) in [7, 11) is 0. The van der Waals surface area contributed by atoms with Gasteiger partial charge in [0, 0.05) is 50.1 Å². The first-order chi connectivity index (χ1) is 29.7. The Morgan fingerprint density at radius 1 is 0.400 bits per heavy atom. The van der Waals surface area contributed by atoms with E-state index in [2.05, 4.69) is 185 Å². The number of benzene rings is 9. The Balaban J connectivity index is 1.01. The molecule has 9 aromatic carbocycles. The van der Waals surface area contributed by atoms with Gasteiger partial charge in [-0.3, -0.25) is 0 Å². The number of anilines is 3. The minimum Gasteiger partial charge on any atom is -0.456 e. The van der Waals surface area contributed by atoms with Crippen LogP contribution < -0.4 is 4.90 Å². The minimum atomic E-state index is 0.599. The van der Waals surface area contributed by atoms with E-state index in [1.165, 1.54) is 16.3 Å². The van der Waals surface area contributed by atoms with Crippen molar-refractivity contribution in [2.75, 3.05) is 4.90 Å². The molecular formula is C55H35N3O2. The van der Waals surface area contributed by atoms with Crippen LogP contribution in [0.5, 0.6) is 0 Å². The molecule has 0 unspecified atom stereocenters. The largest absolute Gasteiger partial charge is 0.456 e. The van der Waals surface area contributed by atoms with Crippen LogP contribution in [0, 0.1) is 0 Å². The van der Waals surface area contributed by atoms with E-state index in [0.717, 1.165) is 83.5 Å². The maximum atomic E-state index is 6.36. The van der Waals surface area contributed by atoms with Crippen LogP contribution in [0.25, 0.3) is 94.2 Å². The van der Waals surface area contributed by atoms with Gasteiger partial charge < -0.3 is 18.3 Å². The molecule has 282 valence electrons. The van der Waals surface area contributed by atoms with Crippen molar-refractivity contribution in [1.29, 1.82) is 0 Å². The lowest BCUT2D eigenvalue weighted by molar-refractivity contribution is 0.617. The predicted molar refractivity (Wildman–Crippen MR) is 247 cm³/mol. The molecule has 12 aromatic rings. The number of rotatable bonds is 7. The number of furan rings is 1. The standard InChI is InChI=1S/C55H35N3O2/c1-4-15-37(16-5-1)42-21-10-12-23-47(42)58(50-26-14-25-49-54(50)43-22-11-13-24-48(43)57(49)40-19-8-3-9-20-40)41-30-27-36(28-31-41)39-29-32-51-44(33-39)45-34-46-53(35-52(45)59-51)60-55(56-46)38-17-6-2-7-18-38/h1-35H. The van der Waals surface area contributed by atoms with Gasteiger partial charge in [-0.15, -0.1) is 0 Å². The lowest BCUT2D eigenvalue weighted by atomic mass is 9.99. The molecule has 0 aliphatic carbocycles. The SMILES string of the molecule is c1ccc(-c2nc3cc4c(cc3o2)oc2ccc(-c3ccc(N(c5ccccc5-c5ccccc5)c5cccc6c5c5ccccc5n6-c5ccccc5)cc3)cc24)cc1. The number of aromatic nitrogens is 2. The highest BCUT2D eigenvalue weighted by Crippen LogP contribution is 2.47. The second kappa shape index (κ2) is 13.8. The number of fused-ring (bicyclic) bond motifs is 7. The highest BCUT2D eigenvalue weighted by molar-refractivity contribution is 6.17. The van der Waals surface area contributed by atoms with Crippen LogP contribution in [-0.4, -0.2) is 9.55 Å². The fourth-order valence-electron chi connectivity index (χ4n) is 8.87. The van der Waals surface area contributed by atoms with Gasteiger partial charge in [-0.05, 0) is 95.6 Å². The maximum absolute atomic E-state index is 6.36. The van der Waals surface area contributed by atoms with Crippen LogP contribution in [0.15, 0.2) is 221 Å². The first-order valence-corrected chi connectivity index (χ1v) is 20.2. The van der Waals surface area contributed by atoms with Gasteiger partial charge in [0.05, 0.1) is 22.4 Å². The topological polar surface area (TPSA) is 47.3 Å². The molecule has 0 aliphatic rings. The zero-order chi connectivity index (χ0) is 39.6. The molecule has 0 radical (unpaired) electrons. The van der Waals surface area contributed by atoms with E-state index in [1.807, 2.05) is 36.4 Å². The summed E-state index contributed by atoms with van der Waals surface area (Å²) in [6.45, 7) is 0. The van der Waals surface area contributed by atoms with Gasteiger partial charge in [-0.1, -0.05) is 127 Å². The molecule has 0 fully saturated rings. The van der Waals surface area contributed by atoms with Crippen molar-refractivity contribution in [3.63, 3.8) is 0 Å². The zero-order valence-corrected chi connectivity index (χ0v) is 32.4. The molecular weight excluding hydrogens is 735 g/mol. The molecule has 3 aromatic heterocycles. The lowest BCUT2D eigenvalue weighted by Crippen LogP contribution is -2.11. The van der Waals surface area contributed by atoms with E-state index in [0.29, 0.717) is 11.5 Å². The smallest absolute Gasteiger partial charge is 0.227 e. The van der Waals surface area contributed by atoms with Gasteiger partial charge in [0.15, 0.2) is 5.58 Å². The lowest BCUT2D eigenvalue weighted by Gasteiger charge is -2.29. The van der Waals surface area contributed by atoms with Crippen molar-refractivity contribution in [3.8, 4) is 39.4 Å². The fraction of sp³-hybridized carbons (Fsp3) is 0. The molecule has 3 heterocycles. The molecule has 12 rings (SSSR count). The maximum Gasteiger partial charge on any atom is 0.227 e. The third-order valence-corrected chi connectivity index (χ3v) is 11.6. The summed E-state index contributed by atoms with van der Waals surface area (Å²) in [5.41, 5.74) is 15.3. The van der Waals surface area contributed by atoms with Crippen LogP contribution >= 0.6 is 0 Å². The molecule has 5 nitrogen and oxygen atoms in total. The molecule has 0 aliphatic heterocycles. The van der Waals surface area contributed by atoms with Gasteiger partial charge in [0.1, 0.15) is 16.7 Å². The number of nitrogens with zero attached hydrogens (tertiary/aromatic N) is 3. The predicted octanol–water partition coefficient (Wildman–Crippen LogP) is 15.3. The molecule has 5 heteroatoms. The average Bonchev–Trinajstić information content (AvgIpc) is 4.01. The molecule has 0 bridgehead atoms. The number of hydrogen-bond acceptors (Lipinski definition) is 4. The summed E-state index contributed by atoms with van der Waals surface area (Å²) < 4.78 is 14.9. The van der Waals surface area contributed by atoms with Crippen LogP contribution in [0.2, 0.25) is 0 Å². The van der Waals surface area contributed by atoms with Gasteiger partial charge >= 0.3 is 0 Å². The second-order valence-corrected chi connectivity index (χ2v) is 15.1. The number of hydrogen-bond donors (Lipinski definition) is 0. The first kappa shape index (κ1) is 33.9. The molecule has 0 saturated carbocycles. The molecule has 0 atom stereocenters. The quantitative estimate of drug-likeness (QED) is 0.162. The Hall–Kier alpha value is -8.15. The molecule has 60 heavy (non-hydrogen) atoms. The Kier molecular flexibility index (Phi) is 7.78. The first-order valence-electron chi connectivity index (χ1n) is 20.2. The van der Waals surface area contributed by atoms with Crippen LogP contribution in [0.3, 0.4) is 0 Å². The summed E-state index contributed by atoms with van der Waals surface area (Å²) in [5.74, 6) is 0.599. The Morgan fingerprint density at radius 3 is 1.87 bits per heavy atom. The summed E-state index contributed by atoms with van der Waals surface area (Å²) in [6.07, 6.45) is 0. The minimum absolute atomic E-state index is 0.599. The van der Waals surface area contributed by atoms with Crippen molar-refractivity contribution in [3.05, 3.63) is 212 Å². The molecule has 0 saturated heterocycles. The van der Waals surface area contributed by atoms with Crippen LogP contribution in [-0.2, 0) is 0 Å². The summed E-state index contributed by atoms with van der Waals surface area (Å²) in [6, 6.07) is 74.8. The molecule has 0 amide bonds. The third kappa shape index (κ3) is 5.52. The molecule has 0 N–H and O–H groups in total. The van der Waals surface area contributed by atoms with Crippen LogP contribution in [0.4, 0.5) is 17.1 Å². The summed E-state index contributed by atoms with van der Waals surface area (Å²) >= 11 is 0. The van der Waals surface area contributed by atoms with E-state index >= 15 is 0 Å². The van der Waals surface area contributed by atoms with E-state index in [9.17, 15) is 0 Å². The average molecular weight is 770 g/mol. The highest BCUT2D eigenvalue weighted by atomic mass is 16.4. The molecule has 0 spiro atoms. The van der Waals surface area contributed by atoms with Crippen molar-refractivity contribution in [1.82, 2.24) is 9.55 Å². The summed E-state index contributed by atoms with van der Waals surface area (Å²) in [4.78, 5) is 7.27. The van der Waals surface area contributed by atoms with Crippen molar-refractivity contribution in [2.45, 2.75) is 0 Å². The van der Waals surface area contributed by atoms with Gasteiger partial charge in [0.25, 0.3) is 0 Å². The zero-order valence-electron chi connectivity index (χ0n) is 32.4. The Morgan fingerprint density at radius 2 is 1.05 bits per heavy atom. The second-order valence-electron chi connectivity index (χ2n) is 15.1. The van der Waals surface area contributed by atoms with Gasteiger partial charge in [0.2, 0.25) is 5.89 Å². The van der Waals surface area contributed by atoms with E-state index in [4.69, 9.17) is 13.8 Å². The van der Waals surface area contributed by atoms with E-state index in [-0.39, 0.29) is 0 Å². The van der Waals surface area contributed by atoms with Gasteiger partial charge in [-0.25, -0.2) is 4.98 Å². The summed E-state index contributed by atoms with van der Waals surface area (Å²) in [5, 5.41) is 4.44. The van der Waals surface area contributed by atoms with Gasteiger partial charge in [-0.2, -0.15) is 0 Å². The normalized spacial score (nSPS) is 11.7. The monoisotopic (exact) mass is 769 g/mol. The van der Waals surface area contributed by atoms with Crippen LogP contribution in [0.1, 0.15) is 0 Å². The third-order valence-electron chi connectivity index (χ3n) is 11.6. The van der Waals surface area contributed by atoms with Crippen molar-refractivity contribution in [2.24, 2.45) is 0 Å². The Bertz CT molecular complexity index is 3530. The Labute approximate surface area is 345 Å². The van der Waals surface area contributed by atoms with E-state index < -0.39 is 0 Å². The fourth-order valence-corrected chi connectivity index (χ4v) is 8.87.